The number of phenols is 2. The molecule has 3 atom stereocenters. The third-order valence-corrected chi connectivity index (χ3v) is 13.8. The molecule has 17 nitrogen and oxygen atoms in total. The van der Waals surface area contributed by atoms with Gasteiger partial charge in [0, 0.05) is 78.5 Å². The molecule has 5 aromatic rings. The minimum atomic E-state index is -0.933. The fraction of sp³-hybridized carbons (Fsp3) is 0.415. The number of likely N-dealkylation sites (tertiary alicyclic amines) is 1. The summed E-state index contributed by atoms with van der Waals surface area (Å²) < 4.78 is 14.8. The van der Waals surface area contributed by atoms with E-state index >= 15 is 0 Å². The zero-order chi connectivity index (χ0) is 50.0. The molecule has 0 saturated carbocycles. The molecule has 2 amide bonds. The first-order valence-corrected chi connectivity index (χ1v) is 24.4. The van der Waals surface area contributed by atoms with Crippen LogP contribution in [0.4, 0.5) is 16.2 Å². The molecule has 9 rings (SSSR count). The van der Waals surface area contributed by atoms with E-state index in [0.717, 1.165) is 64.8 Å². The molecule has 4 aliphatic rings. The molecule has 4 aliphatic heterocycles. The molecule has 0 bridgehead atoms. The zero-order valence-electron chi connectivity index (χ0n) is 40.9. The molecule has 70 heavy (non-hydrogen) atoms. The van der Waals surface area contributed by atoms with Gasteiger partial charge in [-0.2, -0.15) is 5.10 Å². The molecule has 370 valence electrons. The first-order chi connectivity index (χ1) is 33.8. The molecule has 0 radical (unpaired) electrons. The summed E-state index contributed by atoms with van der Waals surface area (Å²) in [4.78, 5) is 55.0. The number of pyridine rings is 1. The molecule has 0 aliphatic carbocycles. The van der Waals surface area contributed by atoms with Crippen molar-refractivity contribution >= 4 is 52.2 Å². The van der Waals surface area contributed by atoms with Gasteiger partial charge in [0.15, 0.2) is 5.84 Å². The number of aliphatic hydroxyl groups is 1. The van der Waals surface area contributed by atoms with Crippen LogP contribution in [0.25, 0.3) is 16.5 Å². The van der Waals surface area contributed by atoms with Crippen LogP contribution >= 0.6 is 0 Å². The van der Waals surface area contributed by atoms with E-state index in [9.17, 15) is 34.5 Å². The Bertz CT molecular complexity index is 2930. The number of likely N-dealkylation sites (N-methyl/N-ethyl adjacent to an activating group) is 1. The number of hydrogen-bond donors (Lipinski definition) is 6. The largest absolute Gasteiger partial charge is 0.508 e. The van der Waals surface area contributed by atoms with Gasteiger partial charge in [0.25, 0.3) is 17.9 Å². The third-order valence-electron chi connectivity index (χ3n) is 13.8. The lowest BCUT2D eigenvalue weighted by atomic mass is 9.88. The summed E-state index contributed by atoms with van der Waals surface area (Å²) in [6, 6.07) is 18.2. The summed E-state index contributed by atoms with van der Waals surface area (Å²) in [5.74, 6) is 0.765. The Morgan fingerprint density at radius 1 is 0.957 bits per heavy atom. The number of aromatic nitrogens is 2. The first-order valence-electron chi connectivity index (χ1n) is 24.4. The molecule has 1 saturated heterocycles. The van der Waals surface area contributed by atoms with E-state index < -0.39 is 18.4 Å². The Kier molecular flexibility index (Phi) is 14.6. The predicted molar refractivity (Wildman–Crippen MR) is 269 cm³/mol. The zero-order valence-corrected chi connectivity index (χ0v) is 40.9. The van der Waals surface area contributed by atoms with E-state index in [2.05, 4.69) is 44.9 Å². The highest BCUT2D eigenvalue weighted by Gasteiger charge is 2.38. The van der Waals surface area contributed by atoms with Crippen molar-refractivity contribution in [3.8, 4) is 17.2 Å². The Labute approximate surface area is 407 Å². The number of fused-ring (bicyclic) bond motifs is 5. The average Bonchev–Trinajstić information content (AvgIpc) is 4.08. The van der Waals surface area contributed by atoms with Crippen LogP contribution in [0.15, 0.2) is 82.3 Å². The van der Waals surface area contributed by atoms with Gasteiger partial charge in [0.05, 0.1) is 23.3 Å². The Balaban J connectivity index is 0.00000325. The number of amides is 2. The molecular formula is C53H64N8O9. The number of allylic oxidation sites excluding steroid dienone is 1. The van der Waals surface area contributed by atoms with Crippen LogP contribution in [0.3, 0.4) is 0 Å². The number of aryl methyl sites for hydroxylation is 1. The fourth-order valence-electron chi connectivity index (χ4n) is 10.3. The minimum absolute atomic E-state index is 0.00700. The molecule has 3 unspecified atom stereocenters. The fourth-order valence-corrected chi connectivity index (χ4v) is 10.3. The standard InChI is InChI=1S/C51H58N8O9.C2H6/c1-6-34-37-21-33(9-10-41(37)53-46-39(34)25-58-43(46)23-36(29(5)61)40(50(58)65)26-67-27-60)68-51(66)57-17-13-30(14-18-57)12-16-56-19-15-31-20-32(8-11-42(31)56)59-47(54-55-48(59)49(64)52-7-2)38-22-35(28(3)4)44(62)24-45(38)63;1-2/h8-11,15,19-24,27-30,46,48,53,55,61-63H,6-7,12-14,16-18,25-26H2,1-5H3,(H,52,64);1-2H3. The van der Waals surface area contributed by atoms with Crippen LogP contribution in [0.1, 0.15) is 126 Å². The lowest BCUT2D eigenvalue weighted by molar-refractivity contribution is -0.130. The summed E-state index contributed by atoms with van der Waals surface area (Å²) in [5, 5.41) is 44.0. The quantitative estimate of drug-likeness (QED) is 0.0586. The van der Waals surface area contributed by atoms with Crippen molar-refractivity contribution in [1.82, 2.24) is 24.8 Å². The molecule has 6 N–H and O–H groups in total. The SMILES string of the molecule is CC.CCNC(=O)C1NN=C(c2cc(C(C)C)c(O)cc2O)N1c1ccc2c(ccn2CCC2CCN(C(=O)Oc3ccc4c(c3)C(CC)=C3Cn5c(cc(C(C)O)c(COC=O)c5=O)C3N4)CC2)c1. The van der Waals surface area contributed by atoms with Crippen molar-refractivity contribution in [1.29, 1.82) is 0 Å². The Morgan fingerprint density at radius 2 is 1.73 bits per heavy atom. The molecular weight excluding hydrogens is 893 g/mol. The topological polar surface area (TPSA) is 212 Å². The maximum Gasteiger partial charge on any atom is 0.415 e. The summed E-state index contributed by atoms with van der Waals surface area (Å²) in [6.07, 6.45) is 3.16. The van der Waals surface area contributed by atoms with Crippen molar-refractivity contribution in [2.24, 2.45) is 11.0 Å². The second-order valence-corrected chi connectivity index (χ2v) is 18.3. The van der Waals surface area contributed by atoms with Crippen LogP contribution in [-0.2, 0) is 34.0 Å². The highest BCUT2D eigenvalue weighted by molar-refractivity contribution is 6.16. The van der Waals surface area contributed by atoms with Crippen LogP contribution in [0, 0.1) is 5.92 Å². The summed E-state index contributed by atoms with van der Waals surface area (Å²) in [6.45, 7) is 16.2. The minimum Gasteiger partial charge on any atom is -0.508 e. The van der Waals surface area contributed by atoms with Crippen LogP contribution in [-0.4, -0.2) is 79.5 Å². The van der Waals surface area contributed by atoms with Gasteiger partial charge in [-0.3, -0.25) is 24.7 Å². The predicted octanol–water partition coefficient (Wildman–Crippen LogP) is 7.97. The van der Waals surface area contributed by atoms with E-state index in [1.807, 2.05) is 71.0 Å². The van der Waals surface area contributed by atoms with Gasteiger partial charge in [-0.05, 0) is 128 Å². The van der Waals surface area contributed by atoms with E-state index in [1.54, 1.807) is 33.4 Å². The first kappa shape index (κ1) is 49.2. The number of nitrogens with zero attached hydrogens (tertiary/aromatic N) is 5. The number of amidine groups is 1. The number of benzene rings is 3. The van der Waals surface area contributed by atoms with E-state index in [4.69, 9.17) is 9.47 Å². The molecule has 6 heterocycles. The van der Waals surface area contributed by atoms with Crippen molar-refractivity contribution in [3.63, 3.8) is 0 Å². The number of aliphatic hydroxyl groups excluding tert-OH is 1. The molecule has 0 spiro atoms. The number of carbonyl (C=O) groups excluding carboxylic acids is 3. The van der Waals surface area contributed by atoms with Crippen molar-refractivity contribution in [2.45, 2.75) is 118 Å². The Morgan fingerprint density at radius 3 is 2.43 bits per heavy atom. The number of ether oxygens (including phenoxy) is 2. The number of aromatic hydroxyl groups is 2. The average molecular weight is 957 g/mol. The van der Waals surface area contributed by atoms with Gasteiger partial charge in [0.2, 0.25) is 6.17 Å². The third kappa shape index (κ3) is 9.29. The Hall–Kier alpha value is -7.27. The number of piperidine rings is 1. The van der Waals surface area contributed by atoms with Gasteiger partial charge in [-0.1, -0.05) is 34.6 Å². The number of nitrogens with one attached hydrogen (secondary N) is 3. The number of anilines is 2. The van der Waals surface area contributed by atoms with Crippen LogP contribution in [0.2, 0.25) is 0 Å². The maximum absolute atomic E-state index is 13.7. The highest BCUT2D eigenvalue weighted by Crippen LogP contribution is 2.47. The molecule has 1 fully saturated rings. The van der Waals surface area contributed by atoms with Gasteiger partial charge >= 0.3 is 6.09 Å². The molecule has 3 aromatic carbocycles. The van der Waals surface area contributed by atoms with E-state index in [-0.39, 0.29) is 47.1 Å². The van der Waals surface area contributed by atoms with Gasteiger partial charge in [0.1, 0.15) is 23.9 Å². The smallest absolute Gasteiger partial charge is 0.415 e. The van der Waals surface area contributed by atoms with E-state index in [0.29, 0.717) is 79.0 Å². The maximum atomic E-state index is 13.7. The lowest BCUT2D eigenvalue weighted by Gasteiger charge is -2.32. The van der Waals surface area contributed by atoms with E-state index in [1.165, 1.54) is 6.07 Å². The van der Waals surface area contributed by atoms with Crippen molar-refractivity contribution in [2.75, 3.05) is 29.9 Å². The van der Waals surface area contributed by atoms with Crippen molar-refractivity contribution in [3.05, 3.63) is 116 Å². The number of phenolic OH excluding ortho intramolecular Hbond substituents is 2. The summed E-state index contributed by atoms with van der Waals surface area (Å²) >= 11 is 0. The second-order valence-electron chi connectivity index (χ2n) is 18.3. The number of hydrazone groups is 1. The van der Waals surface area contributed by atoms with Crippen LogP contribution < -0.4 is 31.3 Å². The number of rotatable bonds is 14. The normalized spacial score (nSPS) is 17.7. The monoisotopic (exact) mass is 956 g/mol. The second kappa shape index (κ2) is 20.8. The van der Waals surface area contributed by atoms with Crippen LogP contribution in [0.5, 0.6) is 17.2 Å². The summed E-state index contributed by atoms with van der Waals surface area (Å²) in [7, 11) is 0. The number of carbonyl (C=O) groups is 3. The summed E-state index contributed by atoms with van der Waals surface area (Å²) in [5.41, 5.74) is 10.7. The molecule has 17 heteroatoms. The highest BCUT2D eigenvalue weighted by atomic mass is 16.6. The van der Waals surface area contributed by atoms with Crippen molar-refractivity contribution < 1.29 is 39.2 Å². The number of hydrogen-bond acceptors (Lipinski definition) is 13. The van der Waals surface area contributed by atoms with Gasteiger partial charge < -0.3 is 49.5 Å². The molecule has 2 aromatic heterocycles. The van der Waals surface area contributed by atoms with Gasteiger partial charge in [-0.25, -0.2) is 4.79 Å². The lowest BCUT2D eigenvalue weighted by Crippen LogP contribution is -2.51. The van der Waals surface area contributed by atoms with Gasteiger partial charge in [-0.15, -0.1) is 0 Å².